The van der Waals surface area contributed by atoms with Crippen molar-refractivity contribution in [1.82, 2.24) is 0 Å². The molecule has 0 radical (unpaired) electrons. The Bertz CT molecular complexity index is 1030. The monoisotopic (exact) mass is 383 g/mol. The zero-order chi connectivity index (χ0) is 19.8. The van der Waals surface area contributed by atoms with Crippen LogP contribution in [0.2, 0.25) is 0 Å². The van der Waals surface area contributed by atoms with Gasteiger partial charge >= 0.3 is 5.69 Å². The lowest BCUT2D eigenvalue weighted by atomic mass is 9.85. The molecule has 0 fully saturated rings. The van der Waals surface area contributed by atoms with E-state index in [1.807, 2.05) is 6.07 Å². The Kier molecular flexibility index (Phi) is 4.38. The zero-order valence-electron chi connectivity index (χ0n) is 15.3. The lowest BCUT2D eigenvalue weighted by molar-refractivity contribution is -0.388. The van der Waals surface area contributed by atoms with Crippen LogP contribution >= 0.6 is 0 Å². The topological polar surface area (TPSA) is 97.1 Å². The summed E-state index contributed by atoms with van der Waals surface area (Å²) in [4.78, 5) is 23.6. The van der Waals surface area contributed by atoms with Crippen LogP contribution in [0.15, 0.2) is 24.3 Å². The van der Waals surface area contributed by atoms with Gasteiger partial charge in [0.1, 0.15) is 0 Å². The van der Waals surface area contributed by atoms with Crippen LogP contribution in [0.25, 0.3) is 11.6 Å². The number of ketones is 1. The van der Waals surface area contributed by atoms with E-state index in [-0.39, 0.29) is 29.8 Å². The fraction of sp³-hybridized carbons (Fsp3) is 0.250. The number of aryl methyl sites for hydroxylation is 1. The van der Waals surface area contributed by atoms with Gasteiger partial charge in [-0.2, -0.15) is 0 Å². The Morgan fingerprint density at radius 3 is 2.57 bits per heavy atom. The number of nitro groups is 1. The first-order valence-corrected chi connectivity index (χ1v) is 8.60. The molecule has 2 bridgehead atoms. The second-order valence-corrected chi connectivity index (χ2v) is 6.34. The van der Waals surface area contributed by atoms with Crippen molar-refractivity contribution in [2.75, 3.05) is 21.0 Å². The van der Waals surface area contributed by atoms with E-state index in [0.717, 1.165) is 11.1 Å². The van der Waals surface area contributed by atoms with Crippen LogP contribution in [-0.2, 0) is 11.2 Å². The maximum Gasteiger partial charge on any atom is 0.353 e. The Hall–Kier alpha value is -3.55. The Morgan fingerprint density at radius 1 is 1.11 bits per heavy atom. The number of carbonyl (C=O) groups excluding carboxylic acids is 1. The summed E-state index contributed by atoms with van der Waals surface area (Å²) in [5.41, 5.74) is 2.34. The van der Waals surface area contributed by atoms with E-state index in [1.165, 1.54) is 13.2 Å². The second-order valence-electron chi connectivity index (χ2n) is 6.34. The van der Waals surface area contributed by atoms with E-state index in [0.29, 0.717) is 35.5 Å². The summed E-state index contributed by atoms with van der Waals surface area (Å²) in [6.07, 6.45) is 2.56. The summed E-state index contributed by atoms with van der Waals surface area (Å²) in [5, 5.41) is 11.4. The molecule has 0 aromatic heterocycles. The van der Waals surface area contributed by atoms with Gasteiger partial charge in [-0.1, -0.05) is 0 Å². The first-order chi connectivity index (χ1) is 13.5. The highest BCUT2D eigenvalue weighted by Crippen LogP contribution is 2.45. The van der Waals surface area contributed by atoms with Crippen molar-refractivity contribution in [2.24, 2.45) is 0 Å². The normalized spacial score (nSPS) is 16.1. The lowest BCUT2D eigenvalue weighted by Gasteiger charge is -2.22. The van der Waals surface area contributed by atoms with Crippen LogP contribution in [0.3, 0.4) is 0 Å². The van der Waals surface area contributed by atoms with Crippen molar-refractivity contribution >= 4 is 23.1 Å². The van der Waals surface area contributed by atoms with Crippen LogP contribution in [0.5, 0.6) is 23.0 Å². The third-order valence-corrected chi connectivity index (χ3v) is 4.85. The lowest BCUT2D eigenvalue weighted by Crippen LogP contribution is -2.16. The van der Waals surface area contributed by atoms with Gasteiger partial charge in [0.05, 0.1) is 19.1 Å². The van der Waals surface area contributed by atoms with E-state index in [9.17, 15) is 14.9 Å². The molecule has 2 aromatic rings. The van der Waals surface area contributed by atoms with Gasteiger partial charge in [0.15, 0.2) is 17.3 Å². The zero-order valence-corrected chi connectivity index (χ0v) is 15.3. The number of methoxy groups -OCH3 is 2. The number of allylic oxidation sites excluding steroid dienone is 1. The standard InChI is InChI=1S/C20H17NO7/c1-25-17-8-11-3-5-15(22)14(13(11)9-18(17)26-2)7-12-4-6-16-19(21(23)24)20(12)28-10-27-16/h4,6-9H,3,5,10H2,1-2H3/b14-7-. The maximum atomic E-state index is 12.7. The summed E-state index contributed by atoms with van der Waals surface area (Å²) >= 11 is 0. The number of hydrogen-bond acceptors (Lipinski definition) is 7. The highest BCUT2D eigenvalue weighted by atomic mass is 16.7. The minimum absolute atomic E-state index is 0.0503. The molecule has 4 rings (SSSR count). The summed E-state index contributed by atoms with van der Waals surface area (Å²) in [5.74, 6) is 1.29. The number of nitro benzene ring substituents is 1. The van der Waals surface area contributed by atoms with E-state index >= 15 is 0 Å². The predicted octanol–water partition coefficient (Wildman–Crippen LogP) is 3.40. The molecule has 0 atom stereocenters. The van der Waals surface area contributed by atoms with E-state index in [4.69, 9.17) is 18.9 Å². The first-order valence-electron chi connectivity index (χ1n) is 8.60. The molecular formula is C20H17NO7. The third kappa shape index (κ3) is 2.83. The van der Waals surface area contributed by atoms with Crippen LogP contribution in [-0.4, -0.2) is 31.7 Å². The molecule has 144 valence electrons. The van der Waals surface area contributed by atoms with E-state index in [2.05, 4.69) is 0 Å². The molecule has 0 amide bonds. The van der Waals surface area contributed by atoms with Gasteiger partial charge in [0, 0.05) is 17.6 Å². The fourth-order valence-electron chi connectivity index (χ4n) is 3.50. The number of fused-ring (bicyclic) bond motifs is 3. The number of ether oxygens (including phenoxy) is 4. The predicted molar refractivity (Wildman–Crippen MR) is 100.0 cm³/mol. The van der Waals surface area contributed by atoms with Crippen molar-refractivity contribution in [3.05, 3.63) is 51.1 Å². The molecule has 28 heavy (non-hydrogen) atoms. The molecule has 0 unspecified atom stereocenters. The van der Waals surface area contributed by atoms with Gasteiger partial charge in [-0.25, -0.2) is 0 Å². The minimum Gasteiger partial charge on any atom is -0.493 e. The SMILES string of the molecule is COc1cc2c(cc1OC)/C(=C/c1ccc3c([N+](=O)[O-])c1OCO3)C(=O)CC2. The van der Waals surface area contributed by atoms with Crippen molar-refractivity contribution in [3.8, 4) is 23.0 Å². The highest BCUT2D eigenvalue weighted by Gasteiger charge is 2.31. The fourth-order valence-corrected chi connectivity index (χ4v) is 3.50. The van der Waals surface area contributed by atoms with Gasteiger partial charge in [0.25, 0.3) is 0 Å². The van der Waals surface area contributed by atoms with Crippen molar-refractivity contribution in [3.63, 3.8) is 0 Å². The number of rotatable bonds is 4. The Balaban J connectivity index is 1.89. The smallest absolute Gasteiger partial charge is 0.353 e. The van der Waals surface area contributed by atoms with Gasteiger partial charge in [-0.05, 0) is 47.9 Å². The van der Waals surface area contributed by atoms with Crippen LogP contribution in [0, 0.1) is 10.1 Å². The van der Waals surface area contributed by atoms with Crippen molar-refractivity contribution in [2.45, 2.75) is 12.8 Å². The molecule has 2 aromatic carbocycles. The third-order valence-electron chi connectivity index (χ3n) is 4.85. The molecule has 0 spiro atoms. The van der Waals surface area contributed by atoms with Crippen LogP contribution < -0.4 is 18.9 Å². The number of hydrogen-bond donors (Lipinski definition) is 0. The van der Waals surface area contributed by atoms with Gasteiger partial charge in [-0.3, -0.25) is 14.9 Å². The summed E-state index contributed by atoms with van der Waals surface area (Å²) in [6, 6.07) is 6.77. The Labute approximate surface area is 160 Å². The molecule has 1 aliphatic carbocycles. The van der Waals surface area contributed by atoms with Crippen molar-refractivity contribution < 1.29 is 28.7 Å². The molecule has 0 saturated heterocycles. The molecule has 1 aliphatic heterocycles. The summed E-state index contributed by atoms with van der Waals surface area (Å²) < 4.78 is 21.3. The molecule has 0 N–H and O–H groups in total. The van der Waals surface area contributed by atoms with Gasteiger partial charge in [-0.15, -0.1) is 0 Å². The number of Topliss-reactive ketones (excluding diaryl/α,β-unsaturated/α-hetero) is 1. The van der Waals surface area contributed by atoms with Crippen molar-refractivity contribution in [1.29, 1.82) is 0 Å². The number of carbonyl (C=O) groups is 1. The van der Waals surface area contributed by atoms with Crippen LogP contribution in [0.4, 0.5) is 5.69 Å². The average molecular weight is 383 g/mol. The number of nitrogens with zero attached hydrogens (tertiary/aromatic N) is 1. The molecule has 0 saturated carbocycles. The Morgan fingerprint density at radius 2 is 1.86 bits per heavy atom. The molecular weight excluding hydrogens is 366 g/mol. The highest BCUT2D eigenvalue weighted by molar-refractivity contribution is 6.27. The maximum absolute atomic E-state index is 12.7. The summed E-state index contributed by atoms with van der Waals surface area (Å²) in [7, 11) is 3.08. The average Bonchev–Trinajstić information content (AvgIpc) is 2.70. The van der Waals surface area contributed by atoms with Gasteiger partial charge in [0.2, 0.25) is 18.3 Å². The van der Waals surface area contributed by atoms with Gasteiger partial charge < -0.3 is 18.9 Å². The summed E-state index contributed by atoms with van der Waals surface area (Å²) in [6.45, 7) is -0.116. The first kappa shape index (κ1) is 17.8. The molecule has 1 heterocycles. The number of benzene rings is 2. The molecule has 2 aliphatic rings. The minimum atomic E-state index is -0.545. The molecule has 8 heteroatoms. The van der Waals surface area contributed by atoms with E-state index < -0.39 is 4.92 Å². The quantitative estimate of drug-likeness (QED) is 0.453. The second kappa shape index (κ2) is 6.88. The largest absolute Gasteiger partial charge is 0.493 e. The molecule has 8 nitrogen and oxygen atoms in total. The van der Waals surface area contributed by atoms with E-state index in [1.54, 1.807) is 25.3 Å². The van der Waals surface area contributed by atoms with Crippen LogP contribution in [0.1, 0.15) is 23.1 Å².